The second-order valence-electron chi connectivity index (χ2n) is 3.37. The summed E-state index contributed by atoms with van der Waals surface area (Å²) in [5, 5.41) is 0. The van der Waals surface area contributed by atoms with Crippen LogP contribution in [0.4, 0.5) is 0 Å². The Hall–Kier alpha value is -1.31. The number of carbonyl (C=O) groups is 1. The standard InChI is InChI=1S/C12H16O2/c1-3-10(2)14-12(13)9-11-7-5-4-6-8-11/h4-8,10H,3,9H2,1-2H3/t10-/m1/s1. The summed E-state index contributed by atoms with van der Waals surface area (Å²) >= 11 is 0. The van der Waals surface area contributed by atoms with E-state index in [-0.39, 0.29) is 12.1 Å². The largest absolute Gasteiger partial charge is 0.462 e. The molecule has 0 aliphatic heterocycles. The van der Waals surface area contributed by atoms with Gasteiger partial charge in [-0.3, -0.25) is 4.79 Å². The lowest BCUT2D eigenvalue weighted by Gasteiger charge is -2.10. The molecule has 2 nitrogen and oxygen atoms in total. The fraction of sp³-hybridized carbons (Fsp3) is 0.417. The molecular formula is C12H16O2. The van der Waals surface area contributed by atoms with Crippen LogP contribution in [0.25, 0.3) is 0 Å². The highest BCUT2D eigenvalue weighted by molar-refractivity contribution is 5.72. The Balaban J connectivity index is 2.42. The van der Waals surface area contributed by atoms with Crippen molar-refractivity contribution in [3.63, 3.8) is 0 Å². The first-order valence-corrected chi connectivity index (χ1v) is 4.95. The van der Waals surface area contributed by atoms with E-state index in [1.54, 1.807) is 0 Å². The number of carbonyl (C=O) groups excluding carboxylic acids is 1. The molecule has 0 radical (unpaired) electrons. The van der Waals surface area contributed by atoms with Gasteiger partial charge in [0.2, 0.25) is 0 Å². The number of hydrogen-bond donors (Lipinski definition) is 0. The monoisotopic (exact) mass is 192 g/mol. The van der Waals surface area contributed by atoms with E-state index in [1.165, 1.54) is 0 Å². The third-order valence-corrected chi connectivity index (χ3v) is 2.10. The second-order valence-corrected chi connectivity index (χ2v) is 3.37. The van der Waals surface area contributed by atoms with E-state index in [2.05, 4.69) is 0 Å². The van der Waals surface area contributed by atoms with Crippen molar-refractivity contribution in [1.82, 2.24) is 0 Å². The zero-order valence-corrected chi connectivity index (χ0v) is 8.69. The summed E-state index contributed by atoms with van der Waals surface area (Å²) in [5.74, 6) is -0.148. The van der Waals surface area contributed by atoms with E-state index in [1.807, 2.05) is 44.2 Å². The third kappa shape index (κ3) is 3.60. The number of hydrogen-bond acceptors (Lipinski definition) is 2. The van der Waals surface area contributed by atoms with Gasteiger partial charge in [0.25, 0.3) is 0 Å². The molecule has 0 fully saturated rings. The van der Waals surface area contributed by atoms with E-state index >= 15 is 0 Å². The minimum atomic E-state index is -0.148. The van der Waals surface area contributed by atoms with Crippen molar-refractivity contribution >= 4 is 5.97 Å². The first-order valence-electron chi connectivity index (χ1n) is 4.95. The maximum atomic E-state index is 11.4. The molecule has 0 bridgehead atoms. The molecule has 0 aliphatic carbocycles. The molecule has 14 heavy (non-hydrogen) atoms. The van der Waals surface area contributed by atoms with Crippen LogP contribution in [-0.2, 0) is 16.0 Å². The zero-order valence-electron chi connectivity index (χ0n) is 8.69. The van der Waals surface area contributed by atoms with Crippen LogP contribution in [0.2, 0.25) is 0 Å². The minimum Gasteiger partial charge on any atom is -0.462 e. The molecule has 0 amide bonds. The van der Waals surface area contributed by atoms with Crippen molar-refractivity contribution < 1.29 is 9.53 Å². The van der Waals surface area contributed by atoms with Crippen LogP contribution >= 0.6 is 0 Å². The summed E-state index contributed by atoms with van der Waals surface area (Å²) in [7, 11) is 0. The molecule has 2 heteroatoms. The molecule has 0 spiro atoms. The van der Waals surface area contributed by atoms with Gasteiger partial charge in [0.1, 0.15) is 0 Å². The zero-order chi connectivity index (χ0) is 10.4. The van der Waals surface area contributed by atoms with Crippen LogP contribution in [0, 0.1) is 0 Å². The molecule has 1 aromatic rings. The molecule has 0 saturated heterocycles. The Morgan fingerprint density at radius 2 is 2.00 bits per heavy atom. The van der Waals surface area contributed by atoms with Crippen LogP contribution in [0.15, 0.2) is 30.3 Å². The molecule has 1 aromatic carbocycles. The van der Waals surface area contributed by atoms with E-state index in [0.717, 1.165) is 12.0 Å². The average molecular weight is 192 g/mol. The Morgan fingerprint density at radius 3 is 2.57 bits per heavy atom. The lowest BCUT2D eigenvalue weighted by Crippen LogP contribution is -2.15. The summed E-state index contributed by atoms with van der Waals surface area (Å²) in [4.78, 5) is 11.4. The molecule has 0 N–H and O–H groups in total. The summed E-state index contributed by atoms with van der Waals surface area (Å²) in [6.45, 7) is 3.91. The number of ether oxygens (including phenoxy) is 1. The highest BCUT2D eigenvalue weighted by Gasteiger charge is 2.07. The Morgan fingerprint density at radius 1 is 1.36 bits per heavy atom. The molecule has 0 unspecified atom stereocenters. The lowest BCUT2D eigenvalue weighted by atomic mass is 10.1. The van der Waals surface area contributed by atoms with E-state index < -0.39 is 0 Å². The van der Waals surface area contributed by atoms with Crippen molar-refractivity contribution in [1.29, 1.82) is 0 Å². The SMILES string of the molecule is CC[C@@H](C)OC(=O)Cc1ccccc1. The first-order chi connectivity index (χ1) is 6.72. The predicted octanol–water partition coefficient (Wildman–Crippen LogP) is 2.57. The van der Waals surface area contributed by atoms with E-state index in [9.17, 15) is 4.79 Å². The molecule has 76 valence electrons. The predicted molar refractivity (Wildman–Crippen MR) is 56.0 cm³/mol. The van der Waals surface area contributed by atoms with Gasteiger partial charge in [-0.2, -0.15) is 0 Å². The highest BCUT2D eigenvalue weighted by atomic mass is 16.5. The van der Waals surface area contributed by atoms with E-state index in [0.29, 0.717) is 6.42 Å². The summed E-state index contributed by atoms with van der Waals surface area (Å²) in [5.41, 5.74) is 1.00. The summed E-state index contributed by atoms with van der Waals surface area (Å²) < 4.78 is 5.16. The van der Waals surface area contributed by atoms with Gasteiger partial charge in [-0.05, 0) is 18.9 Å². The maximum absolute atomic E-state index is 11.4. The number of benzene rings is 1. The van der Waals surface area contributed by atoms with Crippen molar-refractivity contribution in [2.75, 3.05) is 0 Å². The van der Waals surface area contributed by atoms with Crippen molar-refractivity contribution in [3.8, 4) is 0 Å². The van der Waals surface area contributed by atoms with Gasteiger partial charge >= 0.3 is 5.97 Å². The van der Waals surface area contributed by atoms with Crippen LogP contribution in [-0.4, -0.2) is 12.1 Å². The van der Waals surface area contributed by atoms with Crippen molar-refractivity contribution in [2.45, 2.75) is 32.8 Å². The number of rotatable bonds is 4. The lowest BCUT2D eigenvalue weighted by molar-refractivity contribution is -0.147. The van der Waals surface area contributed by atoms with Gasteiger partial charge in [0, 0.05) is 0 Å². The molecule has 1 rings (SSSR count). The molecule has 0 saturated carbocycles. The minimum absolute atomic E-state index is 0.0196. The van der Waals surface area contributed by atoms with Crippen LogP contribution < -0.4 is 0 Å². The quantitative estimate of drug-likeness (QED) is 0.685. The van der Waals surface area contributed by atoms with Gasteiger partial charge in [-0.15, -0.1) is 0 Å². The third-order valence-electron chi connectivity index (χ3n) is 2.10. The molecule has 0 aromatic heterocycles. The van der Waals surface area contributed by atoms with Gasteiger partial charge in [0.05, 0.1) is 12.5 Å². The first kappa shape index (κ1) is 10.8. The molecule has 1 atom stereocenters. The van der Waals surface area contributed by atoms with Gasteiger partial charge in [-0.25, -0.2) is 0 Å². The smallest absolute Gasteiger partial charge is 0.310 e. The normalized spacial score (nSPS) is 12.1. The van der Waals surface area contributed by atoms with Crippen molar-refractivity contribution in [2.24, 2.45) is 0 Å². The second kappa shape index (κ2) is 5.43. The number of esters is 1. The average Bonchev–Trinajstić information content (AvgIpc) is 2.19. The fourth-order valence-electron chi connectivity index (χ4n) is 1.11. The van der Waals surface area contributed by atoms with Crippen LogP contribution in [0.3, 0.4) is 0 Å². The molecule has 0 heterocycles. The topological polar surface area (TPSA) is 26.3 Å². The Bertz CT molecular complexity index is 280. The molecule has 0 aliphatic rings. The maximum Gasteiger partial charge on any atom is 0.310 e. The Labute approximate surface area is 84.9 Å². The van der Waals surface area contributed by atoms with Gasteiger partial charge < -0.3 is 4.74 Å². The van der Waals surface area contributed by atoms with Gasteiger partial charge in [-0.1, -0.05) is 37.3 Å². The fourth-order valence-corrected chi connectivity index (χ4v) is 1.11. The summed E-state index contributed by atoms with van der Waals surface area (Å²) in [6, 6.07) is 9.64. The Kier molecular flexibility index (Phi) is 4.17. The van der Waals surface area contributed by atoms with E-state index in [4.69, 9.17) is 4.74 Å². The van der Waals surface area contributed by atoms with Gasteiger partial charge in [0.15, 0.2) is 0 Å². The van der Waals surface area contributed by atoms with Crippen molar-refractivity contribution in [3.05, 3.63) is 35.9 Å². The highest BCUT2D eigenvalue weighted by Crippen LogP contribution is 2.03. The van der Waals surface area contributed by atoms with Crippen LogP contribution in [0.1, 0.15) is 25.8 Å². The molecular weight excluding hydrogens is 176 g/mol. The summed E-state index contributed by atoms with van der Waals surface area (Å²) in [6.07, 6.45) is 1.25. The van der Waals surface area contributed by atoms with Crippen LogP contribution in [0.5, 0.6) is 0 Å².